The van der Waals surface area contributed by atoms with E-state index in [0.29, 0.717) is 19.7 Å². The Kier molecular flexibility index (Phi) is 7.77. The molecule has 0 spiro atoms. The molecule has 0 bridgehead atoms. The Balaban J connectivity index is 1.41. The molecule has 2 saturated heterocycles. The number of phenols is 2. The molecule has 2 aromatic rings. The first kappa shape index (κ1) is 30.6. The van der Waals surface area contributed by atoms with Gasteiger partial charge >= 0.3 is 0 Å². The molecule has 7 atom stereocenters. The SMILES string of the molecule is COC1CN(C2CC(OC3CC(O)(C(C)=O)Cc4c(O)c5c(c(O)c43)C(=O)c3c(N)cccc3C5=O)OC(C)C2O)CCO1. The summed E-state index contributed by atoms with van der Waals surface area (Å²) in [5, 5.41) is 45.6. The van der Waals surface area contributed by atoms with Crippen LogP contribution in [0.3, 0.4) is 0 Å². The fourth-order valence-corrected chi connectivity index (χ4v) is 6.93. The highest BCUT2D eigenvalue weighted by atomic mass is 16.7. The number of carbonyl (C=O) groups excluding carboxylic acids is 3. The molecule has 13 heteroatoms. The van der Waals surface area contributed by atoms with Crippen LogP contribution in [0.4, 0.5) is 5.69 Å². The van der Waals surface area contributed by atoms with Crippen LogP contribution in [0.15, 0.2) is 18.2 Å². The lowest BCUT2D eigenvalue weighted by Crippen LogP contribution is -2.59. The lowest BCUT2D eigenvalue weighted by atomic mass is 9.72. The summed E-state index contributed by atoms with van der Waals surface area (Å²) < 4.78 is 23.3. The van der Waals surface area contributed by atoms with E-state index in [4.69, 9.17) is 24.7 Å². The van der Waals surface area contributed by atoms with Crippen LogP contribution in [0, 0.1) is 0 Å². The number of nitrogens with zero attached hydrogens (tertiary/aromatic N) is 1. The van der Waals surface area contributed by atoms with Gasteiger partial charge in [-0.2, -0.15) is 0 Å². The third-order valence-corrected chi connectivity index (χ3v) is 9.37. The molecule has 2 fully saturated rings. The standard InChI is InChI=1S/C31H36N2O11/c1-13-26(35)18(33-7-8-42-21(12-33)41-3)9-20(43-13)44-19-11-31(40,14(2)34)10-16-23(19)30(39)25-24(28(16)37)27(36)15-5-4-6-17(32)22(15)29(25)38/h4-6,13,18-21,26,35,37,39-40H,7-12,32H2,1-3H3. The molecule has 2 heterocycles. The summed E-state index contributed by atoms with van der Waals surface area (Å²) in [7, 11) is 1.53. The number of Topliss-reactive ketones (excluding diaryl/α,β-unsaturated/α-hetero) is 1. The van der Waals surface area contributed by atoms with Crippen molar-refractivity contribution in [3.63, 3.8) is 0 Å². The fraction of sp³-hybridized carbons (Fsp3) is 0.516. The molecule has 7 unspecified atom stereocenters. The summed E-state index contributed by atoms with van der Waals surface area (Å²) in [6.07, 6.45) is -4.84. The second-order valence-corrected chi connectivity index (χ2v) is 12.0. The normalized spacial score (nSPS) is 32.1. The zero-order valence-electron chi connectivity index (χ0n) is 24.6. The second kappa shape index (κ2) is 11.2. The van der Waals surface area contributed by atoms with Crippen molar-refractivity contribution in [2.45, 2.75) is 75.6 Å². The molecule has 6 N–H and O–H groups in total. The number of nitrogen functional groups attached to an aromatic ring is 1. The van der Waals surface area contributed by atoms with Gasteiger partial charge in [-0.15, -0.1) is 0 Å². The average molecular weight is 613 g/mol. The molecule has 236 valence electrons. The molecule has 44 heavy (non-hydrogen) atoms. The number of aliphatic hydroxyl groups excluding tert-OH is 1. The maximum absolute atomic E-state index is 13.7. The second-order valence-electron chi connectivity index (χ2n) is 12.0. The minimum absolute atomic E-state index is 0.0315. The van der Waals surface area contributed by atoms with Crippen LogP contribution in [0.5, 0.6) is 11.5 Å². The lowest BCUT2D eigenvalue weighted by Gasteiger charge is -2.47. The number of carbonyl (C=O) groups is 3. The van der Waals surface area contributed by atoms with E-state index in [1.807, 2.05) is 4.90 Å². The Labute approximate surface area is 253 Å². The molecular weight excluding hydrogens is 576 g/mol. The molecule has 0 aromatic heterocycles. The first-order valence-corrected chi connectivity index (χ1v) is 14.6. The molecule has 0 saturated carbocycles. The Bertz CT molecular complexity index is 1540. The van der Waals surface area contributed by atoms with Crippen LogP contribution < -0.4 is 5.73 Å². The van der Waals surface area contributed by atoms with E-state index in [-0.39, 0.29) is 40.8 Å². The van der Waals surface area contributed by atoms with Gasteiger partial charge in [0.2, 0.25) is 0 Å². The number of rotatable bonds is 5. The van der Waals surface area contributed by atoms with E-state index >= 15 is 0 Å². The predicted octanol–water partition coefficient (Wildman–Crippen LogP) is 0.948. The van der Waals surface area contributed by atoms with Crippen molar-refractivity contribution in [2.75, 3.05) is 32.5 Å². The molecular formula is C31H36N2O11. The first-order chi connectivity index (χ1) is 20.9. The lowest BCUT2D eigenvalue weighted by molar-refractivity contribution is -0.266. The van der Waals surface area contributed by atoms with Gasteiger partial charge in [0.1, 0.15) is 17.1 Å². The van der Waals surface area contributed by atoms with Crippen LogP contribution in [0.1, 0.15) is 75.8 Å². The fourth-order valence-electron chi connectivity index (χ4n) is 6.93. The maximum Gasteiger partial charge on any atom is 0.200 e. The Morgan fingerprint density at radius 1 is 1.11 bits per heavy atom. The zero-order chi connectivity index (χ0) is 31.7. The van der Waals surface area contributed by atoms with Gasteiger partial charge in [0, 0.05) is 67.9 Å². The summed E-state index contributed by atoms with van der Waals surface area (Å²) >= 11 is 0. The number of anilines is 1. The number of aromatic hydroxyl groups is 2. The van der Waals surface area contributed by atoms with Crippen molar-refractivity contribution in [3.05, 3.63) is 51.6 Å². The largest absolute Gasteiger partial charge is 0.507 e. The van der Waals surface area contributed by atoms with Crippen LogP contribution in [-0.2, 0) is 30.2 Å². The van der Waals surface area contributed by atoms with Crippen molar-refractivity contribution in [1.82, 2.24) is 4.90 Å². The van der Waals surface area contributed by atoms with E-state index in [9.17, 15) is 34.8 Å². The third kappa shape index (κ3) is 4.79. The topological polar surface area (TPSA) is 198 Å². The van der Waals surface area contributed by atoms with Crippen molar-refractivity contribution >= 4 is 23.0 Å². The zero-order valence-corrected chi connectivity index (χ0v) is 24.6. The highest BCUT2D eigenvalue weighted by Crippen LogP contribution is 2.52. The van der Waals surface area contributed by atoms with Gasteiger partial charge < -0.3 is 45.1 Å². The molecule has 4 aliphatic rings. The number of hydrogen-bond acceptors (Lipinski definition) is 13. The first-order valence-electron chi connectivity index (χ1n) is 14.6. The number of nitrogens with two attached hydrogens (primary N) is 1. The molecule has 6 rings (SSSR count). The van der Waals surface area contributed by atoms with Crippen LogP contribution >= 0.6 is 0 Å². The number of fused-ring (bicyclic) bond motifs is 3. The Morgan fingerprint density at radius 3 is 2.55 bits per heavy atom. The number of ketones is 3. The van der Waals surface area contributed by atoms with Gasteiger partial charge in [0.05, 0.1) is 41.6 Å². The minimum atomic E-state index is -2.02. The molecule has 0 radical (unpaired) electrons. The number of benzene rings is 2. The highest BCUT2D eigenvalue weighted by Gasteiger charge is 2.50. The summed E-state index contributed by atoms with van der Waals surface area (Å²) in [5.74, 6) is -3.32. The van der Waals surface area contributed by atoms with Gasteiger partial charge in [-0.05, 0) is 19.9 Å². The third-order valence-electron chi connectivity index (χ3n) is 9.37. The molecule has 2 aromatic carbocycles. The van der Waals surface area contributed by atoms with E-state index in [1.54, 1.807) is 6.92 Å². The number of hydrogen-bond donors (Lipinski definition) is 5. The number of phenolic OH excluding ortho intramolecular Hbond substituents is 2. The van der Waals surface area contributed by atoms with Crippen molar-refractivity contribution in [3.8, 4) is 11.5 Å². The molecule has 2 aliphatic carbocycles. The van der Waals surface area contributed by atoms with Gasteiger partial charge in [0.25, 0.3) is 0 Å². The number of methoxy groups -OCH3 is 1. The highest BCUT2D eigenvalue weighted by molar-refractivity contribution is 6.32. The van der Waals surface area contributed by atoms with Gasteiger partial charge in [-0.3, -0.25) is 19.3 Å². The average Bonchev–Trinajstić information content (AvgIpc) is 2.99. The molecule has 13 nitrogen and oxygen atoms in total. The molecule has 2 aliphatic heterocycles. The van der Waals surface area contributed by atoms with Gasteiger partial charge in [0.15, 0.2) is 29.9 Å². The number of aliphatic hydroxyl groups is 2. The van der Waals surface area contributed by atoms with E-state index in [1.165, 1.54) is 32.2 Å². The summed E-state index contributed by atoms with van der Waals surface area (Å²) in [4.78, 5) is 42.0. The monoisotopic (exact) mass is 612 g/mol. The van der Waals surface area contributed by atoms with Gasteiger partial charge in [-0.1, -0.05) is 12.1 Å². The van der Waals surface area contributed by atoms with Crippen LogP contribution in [-0.4, -0.2) is 106 Å². The van der Waals surface area contributed by atoms with E-state index in [0.717, 1.165) is 0 Å². The van der Waals surface area contributed by atoms with E-state index < -0.39 is 88.9 Å². The van der Waals surface area contributed by atoms with Crippen LogP contribution in [0.2, 0.25) is 0 Å². The summed E-state index contributed by atoms with van der Waals surface area (Å²) in [6, 6.07) is 3.93. The Morgan fingerprint density at radius 2 is 1.84 bits per heavy atom. The van der Waals surface area contributed by atoms with Crippen molar-refractivity contribution < 1.29 is 53.8 Å². The summed E-state index contributed by atoms with van der Waals surface area (Å²) in [5.41, 5.74) is 2.97. The Hall–Kier alpha value is -3.43. The van der Waals surface area contributed by atoms with E-state index in [2.05, 4.69) is 0 Å². The predicted molar refractivity (Wildman–Crippen MR) is 152 cm³/mol. The summed E-state index contributed by atoms with van der Waals surface area (Å²) in [6.45, 7) is 4.20. The van der Waals surface area contributed by atoms with Crippen LogP contribution in [0.25, 0.3) is 0 Å². The van der Waals surface area contributed by atoms with Crippen molar-refractivity contribution in [1.29, 1.82) is 0 Å². The number of ether oxygens (including phenoxy) is 4. The van der Waals surface area contributed by atoms with Crippen molar-refractivity contribution in [2.24, 2.45) is 0 Å². The maximum atomic E-state index is 13.7. The number of morpholine rings is 1. The minimum Gasteiger partial charge on any atom is -0.507 e. The quantitative estimate of drug-likeness (QED) is 0.202. The smallest absolute Gasteiger partial charge is 0.200 e. The molecule has 0 amide bonds. The van der Waals surface area contributed by atoms with Gasteiger partial charge in [-0.25, -0.2) is 0 Å².